The summed E-state index contributed by atoms with van der Waals surface area (Å²) in [5.74, 6) is 0.965. The highest BCUT2D eigenvalue weighted by atomic mass is 16.3. The molecule has 7 aromatic carbocycles. The molecule has 73 heavy (non-hydrogen) atoms. The Morgan fingerprint density at radius 1 is 0.205 bits per heavy atom. The summed E-state index contributed by atoms with van der Waals surface area (Å²) < 4.78 is 0. The van der Waals surface area contributed by atoms with Crippen LogP contribution in [-0.4, -0.2) is 15.3 Å². The van der Waals surface area contributed by atoms with Crippen LogP contribution in [0.2, 0.25) is 0 Å². The smallest absolute Gasteiger partial charge is 0.115 e. The predicted octanol–water partition coefficient (Wildman–Crippen LogP) is 24.4. The molecule has 0 saturated heterocycles. The van der Waals surface area contributed by atoms with Crippen LogP contribution in [0.4, 0.5) is 0 Å². The minimum Gasteiger partial charge on any atom is -0.508 e. The maximum Gasteiger partial charge on any atom is 0.115 e. The highest BCUT2D eigenvalue weighted by molar-refractivity contribution is 5.62. The minimum absolute atomic E-state index is 0.322. The van der Waals surface area contributed by atoms with Crippen LogP contribution in [0.15, 0.2) is 212 Å². The largest absolute Gasteiger partial charge is 0.508 e. The lowest BCUT2D eigenvalue weighted by Crippen LogP contribution is -1.73. The van der Waals surface area contributed by atoms with Gasteiger partial charge in [-0.05, 0) is 61.4 Å². The fraction of sp³-hybridized carbons (Fsp3) is 0.400. The van der Waals surface area contributed by atoms with Gasteiger partial charge in [0.15, 0.2) is 0 Å². The van der Waals surface area contributed by atoms with Crippen molar-refractivity contribution >= 4 is 0 Å². The number of rotatable bonds is 1. The first-order chi connectivity index (χ1) is 35.6. The van der Waals surface area contributed by atoms with Gasteiger partial charge in [-0.15, -0.1) is 0 Å². The van der Waals surface area contributed by atoms with E-state index in [-0.39, 0.29) is 0 Å². The molecule has 3 heteroatoms. The van der Waals surface area contributed by atoms with Crippen molar-refractivity contribution in [2.45, 2.75) is 192 Å². The molecule has 0 heterocycles. The molecule has 0 atom stereocenters. The third kappa shape index (κ3) is 92.7. The van der Waals surface area contributed by atoms with Crippen LogP contribution in [0.25, 0.3) is 11.1 Å². The number of aryl methyl sites for hydroxylation is 2. The van der Waals surface area contributed by atoms with E-state index in [1.54, 1.807) is 72.8 Å². The number of hydrogen-bond acceptors (Lipinski definition) is 3. The average molecular weight is 1010 g/mol. The molecule has 3 nitrogen and oxygen atoms in total. The van der Waals surface area contributed by atoms with Gasteiger partial charge in [-0.2, -0.15) is 0 Å². The van der Waals surface area contributed by atoms with E-state index in [4.69, 9.17) is 15.3 Å². The van der Waals surface area contributed by atoms with E-state index >= 15 is 0 Å². The lowest BCUT2D eigenvalue weighted by atomic mass is 10.1. The van der Waals surface area contributed by atoms with Crippen LogP contribution in [0.3, 0.4) is 0 Å². The van der Waals surface area contributed by atoms with Crippen molar-refractivity contribution in [2.75, 3.05) is 0 Å². The summed E-state index contributed by atoms with van der Waals surface area (Å²) >= 11 is 0. The summed E-state index contributed by atoms with van der Waals surface area (Å²) in [5.41, 5.74) is 5.20. The zero-order valence-electron chi connectivity index (χ0n) is 51.9. The summed E-state index contributed by atoms with van der Waals surface area (Å²) in [6, 6.07) is 67.4. The highest BCUT2D eigenvalue weighted by Crippen LogP contribution is 2.17. The second kappa shape index (κ2) is 95.6. The molecular weight excluding hydrogens is 889 g/mol. The summed E-state index contributed by atoms with van der Waals surface area (Å²) in [6.45, 7) is 49.2. The van der Waals surface area contributed by atoms with E-state index < -0.39 is 0 Å². The summed E-state index contributed by atoms with van der Waals surface area (Å²) in [7, 11) is 0. The monoisotopic (exact) mass is 1010 g/mol. The average Bonchev–Trinajstić information content (AvgIpc) is 3.46. The van der Waals surface area contributed by atoms with Gasteiger partial charge < -0.3 is 15.3 Å². The van der Waals surface area contributed by atoms with Gasteiger partial charge in [0.2, 0.25) is 0 Å². The van der Waals surface area contributed by atoms with Gasteiger partial charge >= 0.3 is 0 Å². The molecule has 0 aliphatic rings. The van der Waals surface area contributed by atoms with Crippen molar-refractivity contribution in [3.8, 4) is 28.4 Å². The molecule has 0 aliphatic heterocycles. The highest BCUT2D eigenvalue weighted by Gasteiger charge is 1.91. The number of benzene rings is 7. The van der Waals surface area contributed by atoms with Gasteiger partial charge in [-0.1, -0.05) is 365 Å². The fourth-order valence-electron chi connectivity index (χ4n) is 3.61. The third-order valence-corrected chi connectivity index (χ3v) is 6.03. The van der Waals surface area contributed by atoms with Crippen molar-refractivity contribution < 1.29 is 15.3 Å². The SMILES string of the molecule is CC.CC.CC.CC.CC.CC.CC.CCC.CCC.CCC.CCC.Cc1ccccc1.Cc1ccccc1.Oc1ccccc1.Oc1ccccc1.Oc1ccccc1.c1ccc(-c2ccccc2)cc1. The molecule has 7 rings (SSSR count). The van der Waals surface area contributed by atoms with Crippen molar-refractivity contribution in [1.29, 1.82) is 0 Å². The second-order valence-electron chi connectivity index (χ2n) is 12.9. The molecule has 0 unspecified atom stereocenters. The summed E-state index contributed by atoms with van der Waals surface area (Å²) in [5, 5.41) is 25.9. The first kappa shape index (κ1) is 89.8. The van der Waals surface area contributed by atoms with Crippen LogP contribution in [0.5, 0.6) is 17.2 Å². The first-order valence-corrected chi connectivity index (χ1v) is 28.0. The maximum atomic E-state index is 8.63. The predicted molar refractivity (Wildman–Crippen MR) is 342 cm³/mol. The van der Waals surface area contributed by atoms with E-state index in [0.29, 0.717) is 17.2 Å². The second-order valence-corrected chi connectivity index (χ2v) is 12.9. The molecule has 7 aromatic rings. The number of aromatic hydroxyl groups is 3. The molecule has 0 aromatic heterocycles. The molecule has 0 aliphatic carbocycles. The zero-order chi connectivity index (χ0) is 58.6. The van der Waals surface area contributed by atoms with Crippen molar-refractivity contribution in [1.82, 2.24) is 0 Å². The Hall–Kier alpha value is -6.06. The minimum atomic E-state index is 0.322. The Bertz CT molecular complexity index is 1470. The Labute approximate surface area is 456 Å². The lowest BCUT2D eigenvalue weighted by Gasteiger charge is -1.98. The standard InChI is InChI=1S/C12H10.2C7H8.3C6H6O.4C3H8.7C2H6/c1-3-7-11(8-4-1)12-9-5-2-6-10-12;2*1-7-5-3-2-4-6-7;3*7-6-4-2-1-3-5-6;4*1-3-2;7*1-2/h1-10H;2*2-6H,1H3;3*1-5,7H;4*3H2,1-2H3;7*1-2H3. The Morgan fingerprint density at radius 3 is 0.397 bits per heavy atom. The zero-order valence-corrected chi connectivity index (χ0v) is 51.9. The van der Waals surface area contributed by atoms with E-state index in [2.05, 4.69) is 142 Å². The molecule has 416 valence electrons. The van der Waals surface area contributed by atoms with Gasteiger partial charge in [0, 0.05) is 0 Å². The number of para-hydroxylation sites is 3. The van der Waals surface area contributed by atoms with Gasteiger partial charge in [0.1, 0.15) is 17.2 Å². The van der Waals surface area contributed by atoms with Gasteiger partial charge in [-0.3, -0.25) is 0 Å². The lowest BCUT2D eigenvalue weighted by molar-refractivity contribution is 0.475. The Morgan fingerprint density at radius 2 is 0.315 bits per heavy atom. The van der Waals surface area contributed by atoms with Crippen molar-refractivity contribution in [3.05, 3.63) is 223 Å². The topological polar surface area (TPSA) is 60.7 Å². The Kier molecular flexibility index (Phi) is 118. The molecule has 0 spiro atoms. The summed E-state index contributed by atoms with van der Waals surface area (Å²) in [4.78, 5) is 0. The van der Waals surface area contributed by atoms with Crippen LogP contribution >= 0.6 is 0 Å². The van der Waals surface area contributed by atoms with E-state index in [1.807, 2.05) is 164 Å². The molecular formula is C70H118O3. The third-order valence-electron chi connectivity index (χ3n) is 6.03. The number of phenolic OH excluding ortho intramolecular Hbond substituents is 3. The quantitative estimate of drug-likeness (QED) is 0.154. The van der Waals surface area contributed by atoms with Crippen molar-refractivity contribution in [2.24, 2.45) is 0 Å². The number of phenols is 3. The molecule has 3 N–H and O–H groups in total. The van der Waals surface area contributed by atoms with E-state index in [9.17, 15) is 0 Å². The van der Waals surface area contributed by atoms with Gasteiger partial charge in [0.25, 0.3) is 0 Å². The first-order valence-electron chi connectivity index (χ1n) is 28.0. The molecule has 0 fully saturated rings. The maximum absolute atomic E-state index is 8.63. The van der Waals surface area contributed by atoms with Gasteiger partial charge in [0.05, 0.1) is 0 Å². The van der Waals surface area contributed by atoms with Gasteiger partial charge in [-0.25, -0.2) is 0 Å². The summed E-state index contributed by atoms with van der Waals surface area (Å²) in [6.07, 6.45) is 5.00. The molecule has 0 radical (unpaired) electrons. The van der Waals surface area contributed by atoms with E-state index in [1.165, 1.54) is 47.9 Å². The van der Waals surface area contributed by atoms with Crippen molar-refractivity contribution in [3.63, 3.8) is 0 Å². The van der Waals surface area contributed by atoms with E-state index in [0.717, 1.165) is 0 Å². The molecule has 0 amide bonds. The normalized spacial score (nSPS) is 7.29. The van der Waals surface area contributed by atoms with Crippen LogP contribution in [0, 0.1) is 13.8 Å². The Balaban J connectivity index is -0.0000000753. The molecule has 0 saturated carbocycles. The van der Waals surface area contributed by atoms with Crippen LogP contribution in [-0.2, 0) is 0 Å². The fourth-order valence-corrected chi connectivity index (χ4v) is 3.61. The van der Waals surface area contributed by atoms with Crippen LogP contribution < -0.4 is 0 Å². The van der Waals surface area contributed by atoms with Crippen LogP contribution in [0.1, 0.15) is 189 Å². The molecule has 0 bridgehead atoms. The number of hydrogen-bond donors (Lipinski definition) is 3.